The number of hydrogen-bond donors (Lipinski definition) is 0. The van der Waals surface area contributed by atoms with E-state index in [4.69, 9.17) is 18.9 Å². The van der Waals surface area contributed by atoms with E-state index in [-0.39, 0.29) is 38.1 Å². The molecular weight excluding hydrogens is 981 g/mol. The fourth-order valence-electron chi connectivity index (χ4n) is 9.53. The van der Waals surface area contributed by atoms with E-state index in [1.54, 1.807) is 95.9 Å². The van der Waals surface area contributed by atoms with Gasteiger partial charge in [0.15, 0.2) is 0 Å². The Bertz CT molecular complexity index is 2880. The van der Waals surface area contributed by atoms with Gasteiger partial charge in [-0.3, -0.25) is 9.36 Å². The van der Waals surface area contributed by atoms with Crippen LogP contribution in [0.15, 0.2) is 85.2 Å². The summed E-state index contributed by atoms with van der Waals surface area (Å²) in [5.41, 5.74) is -0.392. The number of hydrogen-bond acceptors (Lipinski definition) is 8. The molecule has 20 heteroatoms. The molecule has 2 fully saturated rings. The molecule has 0 radical (unpaired) electrons. The van der Waals surface area contributed by atoms with E-state index in [9.17, 15) is 44.7 Å². The highest BCUT2D eigenvalue weighted by atomic mass is 19.4. The molecule has 2 amide bonds. The van der Waals surface area contributed by atoms with Crippen LogP contribution in [0.5, 0.6) is 0 Å². The Morgan fingerprint density at radius 1 is 0.595 bits per heavy atom. The van der Waals surface area contributed by atoms with Crippen LogP contribution in [0.4, 0.5) is 44.7 Å². The summed E-state index contributed by atoms with van der Waals surface area (Å²) < 4.78 is 134. The van der Waals surface area contributed by atoms with Crippen molar-refractivity contribution in [1.82, 2.24) is 29.4 Å². The number of ether oxygens (including phenoxy) is 4. The van der Waals surface area contributed by atoms with Gasteiger partial charge in [-0.15, -0.1) is 0 Å². The molecule has 2 aliphatic rings. The lowest BCUT2D eigenvalue weighted by atomic mass is 9.73. The van der Waals surface area contributed by atoms with E-state index in [1.807, 2.05) is 0 Å². The van der Waals surface area contributed by atoms with Gasteiger partial charge in [0.25, 0.3) is 0 Å². The van der Waals surface area contributed by atoms with Crippen LogP contribution in [-0.4, -0.2) is 92.1 Å². The number of carbonyl (C=O) groups excluding carboxylic acids is 2. The van der Waals surface area contributed by atoms with Crippen molar-refractivity contribution in [2.75, 3.05) is 39.4 Å². The van der Waals surface area contributed by atoms with Gasteiger partial charge in [0.2, 0.25) is 0 Å². The number of halogens is 8. The molecule has 0 atom stereocenters. The number of piperidine rings is 2. The number of fused-ring (bicyclic) bond motifs is 2. The normalized spacial score (nSPS) is 16.3. The average Bonchev–Trinajstić information content (AvgIpc) is 3.89. The predicted molar refractivity (Wildman–Crippen MR) is 261 cm³/mol. The van der Waals surface area contributed by atoms with Gasteiger partial charge in [-0.25, -0.2) is 18.4 Å². The zero-order chi connectivity index (χ0) is 54.0. The Kier molecular flexibility index (Phi) is 16.1. The van der Waals surface area contributed by atoms with E-state index >= 15 is 0 Å². The zero-order valence-corrected chi connectivity index (χ0v) is 42.7. The summed E-state index contributed by atoms with van der Waals surface area (Å²) in [5.74, 6) is -0.735. The molecule has 400 valence electrons. The summed E-state index contributed by atoms with van der Waals surface area (Å²) in [4.78, 5) is 28.4. The molecule has 2 saturated heterocycles. The number of amides is 2. The topological polar surface area (TPSA) is 113 Å². The first kappa shape index (κ1) is 55.5. The fraction of sp³-hybridized carbons (Fsp3) is 0.481. The van der Waals surface area contributed by atoms with Crippen LogP contribution in [0.25, 0.3) is 21.8 Å². The molecule has 0 aliphatic carbocycles. The Balaban J connectivity index is 0.000000216. The summed E-state index contributed by atoms with van der Waals surface area (Å²) >= 11 is 0. The summed E-state index contributed by atoms with van der Waals surface area (Å²) in [6.07, 6.45) is -4.74. The minimum absolute atomic E-state index is 0.0569. The molecule has 2 aliphatic heterocycles. The number of benzene rings is 4. The third-order valence-electron chi connectivity index (χ3n) is 13.3. The molecule has 0 unspecified atom stereocenters. The first-order chi connectivity index (χ1) is 34.5. The van der Waals surface area contributed by atoms with Crippen molar-refractivity contribution >= 4 is 34.0 Å². The van der Waals surface area contributed by atoms with Crippen molar-refractivity contribution < 1.29 is 63.7 Å². The molecule has 4 aromatic carbocycles. The largest absolute Gasteiger partial charge is 0.444 e. The van der Waals surface area contributed by atoms with Gasteiger partial charge in [0.05, 0.1) is 54.8 Å². The molecule has 0 spiro atoms. The van der Waals surface area contributed by atoms with Crippen LogP contribution >= 0.6 is 0 Å². The summed E-state index contributed by atoms with van der Waals surface area (Å²) in [6.45, 7) is 12.7. The van der Waals surface area contributed by atoms with Gasteiger partial charge in [0, 0.05) is 79.2 Å². The number of carbonyl (C=O) groups is 2. The third kappa shape index (κ3) is 13.5. The molecule has 0 saturated carbocycles. The van der Waals surface area contributed by atoms with Crippen LogP contribution in [-0.2, 0) is 69.4 Å². The van der Waals surface area contributed by atoms with E-state index in [0.29, 0.717) is 84.8 Å². The minimum atomic E-state index is -4.50. The fourth-order valence-corrected chi connectivity index (χ4v) is 9.53. The number of nitrogens with zero attached hydrogens (tertiary/aromatic N) is 6. The Hall–Kier alpha value is -6.28. The number of aryl methyl sites for hydroxylation is 2. The summed E-state index contributed by atoms with van der Waals surface area (Å²) in [6, 6.07) is 16.6. The second-order valence-electron chi connectivity index (χ2n) is 21.2. The Labute approximate surface area is 424 Å². The second kappa shape index (κ2) is 21.5. The Morgan fingerprint density at radius 3 is 1.42 bits per heavy atom. The highest BCUT2D eigenvalue weighted by molar-refractivity contribution is 5.83. The number of aromatic nitrogens is 4. The number of alkyl halides is 6. The van der Waals surface area contributed by atoms with Gasteiger partial charge in [-0.1, -0.05) is 24.3 Å². The molecule has 4 heterocycles. The van der Waals surface area contributed by atoms with Crippen LogP contribution < -0.4 is 0 Å². The zero-order valence-electron chi connectivity index (χ0n) is 42.7. The highest BCUT2D eigenvalue weighted by Crippen LogP contribution is 2.40. The van der Waals surface area contributed by atoms with Gasteiger partial charge in [0.1, 0.15) is 22.8 Å². The first-order valence-electron chi connectivity index (χ1n) is 24.2. The van der Waals surface area contributed by atoms with Gasteiger partial charge >= 0.3 is 24.5 Å². The molecular formula is C54H62F8N6O6. The highest BCUT2D eigenvalue weighted by Gasteiger charge is 2.41. The standard InChI is InChI=1S/2C27H31F4N3O3/c1-25(2,3)37-24(35)34-11-9-26(10-12-34,20-5-7-22(28)8-6-20)17-36-16-19-14-21(27(29,30)31)13-18-15-33(4)32-23(18)19;1-25(2,3)37-24(35)34-11-9-26(10-12-34,20-5-7-22(28)8-6-20)17-36-16-19-14-21(27(29,30)31)13-18-15-32-33(4)23(18)19/h2*5-8,13-15H,9-12,16-17H2,1-4H3. The summed E-state index contributed by atoms with van der Waals surface area (Å²) in [5, 5.41) is 9.19. The maximum absolute atomic E-state index is 13.7. The van der Waals surface area contributed by atoms with Gasteiger partial charge in [-0.2, -0.15) is 36.5 Å². The van der Waals surface area contributed by atoms with Crippen molar-refractivity contribution in [3.05, 3.63) is 130 Å². The number of rotatable bonds is 10. The maximum Gasteiger partial charge on any atom is 0.416 e. The lowest BCUT2D eigenvalue weighted by Crippen LogP contribution is -2.48. The third-order valence-corrected chi connectivity index (χ3v) is 13.3. The smallest absolute Gasteiger partial charge is 0.416 e. The first-order valence-corrected chi connectivity index (χ1v) is 24.2. The lowest BCUT2D eigenvalue weighted by Gasteiger charge is -2.42. The van der Waals surface area contributed by atoms with Crippen LogP contribution in [0.1, 0.15) is 101 Å². The van der Waals surface area contributed by atoms with Crippen LogP contribution in [0.2, 0.25) is 0 Å². The Morgan fingerprint density at radius 2 is 1.00 bits per heavy atom. The SMILES string of the molecule is Cn1cc2cc(C(F)(F)F)cc(COCC3(c4ccc(F)cc4)CCN(C(=O)OC(C)(C)C)CC3)c2n1.Cn1ncc2cc(C(F)(F)F)cc(COCC3(c4ccc(F)cc4)CCN(C(=O)OC(C)(C)C)CC3)c21. The lowest BCUT2D eigenvalue weighted by molar-refractivity contribution is -0.138. The van der Waals surface area contributed by atoms with Gasteiger partial charge in [-0.05, 0) is 127 Å². The average molecular weight is 1040 g/mol. The monoisotopic (exact) mass is 1040 g/mol. The maximum atomic E-state index is 13.7. The molecule has 8 rings (SSSR count). The van der Waals surface area contributed by atoms with E-state index < -0.39 is 57.7 Å². The molecule has 2 aromatic heterocycles. The van der Waals surface area contributed by atoms with Crippen LogP contribution in [0.3, 0.4) is 0 Å². The minimum Gasteiger partial charge on any atom is -0.444 e. The van der Waals surface area contributed by atoms with E-state index in [1.165, 1.54) is 39.8 Å². The van der Waals surface area contributed by atoms with Crippen molar-refractivity contribution in [2.24, 2.45) is 14.1 Å². The second-order valence-corrected chi connectivity index (χ2v) is 21.2. The van der Waals surface area contributed by atoms with Crippen molar-refractivity contribution in [3.63, 3.8) is 0 Å². The van der Waals surface area contributed by atoms with Crippen molar-refractivity contribution in [2.45, 2.75) is 115 Å². The molecule has 0 bridgehead atoms. The molecule has 74 heavy (non-hydrogen) atoms. The quantitative estimate of drug-likeness (QED) is 0.125. The van der Waals surface area contributed by atoms with E-state index in [2.05, 4.69) is 10.2 Å². The van der Waals surface area contributed by atoms with E-state index in [0.717, 1.165) is 35.4 Å². The molecule has 12 nitrogen and oxygen atoms in total. The van der Waals surface area contributed by atoms with Crippen molar-refractivity contribution in [3.8, 4) is 0 Å². The predicted octanol–water partition coefficient (Wildman–Crippen LogP) is 12.4. The van der Waals surface area contributed by atoms with Gasteiger partial charge < -0.3 is 28.7 Å². The molecule has 0 N–H and O–H groups in total. The molecule has 6 aromatic rings. The van der Waals surface area contributed by atoms with Crippen LogP contribution in [0, 0.1) is 11.6 Å². The number of likely N-dealkylation sites (tertiary alicyclic amines) is 2. The summed E-state index contributed by atoms with van der Waals surface area (Å²) in [7, 11) is 3.32. The van der Waals surface area contributed by atoms with Crippen molar-refractivity contribution in [1.29, 1.82) is 0 Å².